The van der Waals surface area contributed by atoms with Crippen LogP contribution in [0.2, 0.25) is 0 Å². The van der Waals surface area contributed by atoms with Crippen LogP contribution in [0.5, 0.6) is 5.75 Å². The molecule has 0 aliphatic carbocycles. The molecule has 2 aliphatic rings. The number of hydrogen-bond donors (Lipinski definition) is 0. The number of aryl methyl sites for hydroxylation is 2. The monoisotopic (exact) mass is 356 g/mol. The van der Waals surface area contributed by atoms with Crippen LogP contribution in [-0.4, -0.2) is 52.1 Å². The molecule has 2 atom stereocenters. The molecule has 0 N–H and O–H groups in total. The van der Waals surface area contributed by atoms with Crippen LogP contribution in [0.1, 0.15) is 35.7 Å². The Morgan fingerprint density at radius 1 is 1.42 bits per heavy atom. The summed E-state index contributed by atoms with van der Waals surface area (Å²) >= 11 is 0. The summed E-state index contributed by atoms with van der Waals surface area (Å²) in [6.45, 7) is 3.94. The smallest absolute Gasteiger partial charge is 0.222 e. The lowest BCUT2D eigenvalue weighted by atomic mass is 9.99. The van der Waals surface area contributed by atoms with Crippen LogP contribution in [-0.2, 0) is 22.6 Å². The molecule has 7 heteroatoms. The first kappa shape index (κ1) is 17.0. The zero-order valence-corrected chi connectivity index (χ0v) is 15.2. The molecule has 4 rings (SSSR count). The van der Waals surface area contributed by atoms with Crippen molar-refractivity contribution in [1.82, 2.24) is 19.9 Å². The van der Waals surface area contributed by atoms with E-state index in [2.05, 4.69) is 16.4 Å². The van der Waals surface area contributed by atoms with E-state index in [4.69, 9.17) is 9.47 Å². The van der Waals surface area contributed by atoms with Gasteiger partial charge in [-0.3, -0.25) is 4.79 Å². The third kappa shape index (κ3) is 3.19. The van der Waals surface area contributed by atoms with Crippen molar-refractivity contribution in [3.63, 3.8) is 0 Å². The number of piperidine rings is 1. The molecule has 0 bridgehead atoms. The molecule has 2 aromatic rings. The maximum absolute atomic E-state index is 12.7. The van der Waals surface area contributed by atoms with Gasteiger partial charge in [-0.15, -0.1) is 5.10 Å². The predicted molar refractivity (Wildman–Crippen MR) is 94.9 cm³/mol. The number of rotatable bonds is 4. The number of methoxy groups -OCH3 is 1. The maximum atomic E-state index is 12.7. The number of hydrogen-bond acceptors (Lipinski definition) is 5. The summed E-state index contributed by atoms with van der Waals surface area (Å²) < 4.78 is 13.2. The highest BCUT2D eigenvalue weighted by molar-refractivity contribution is 5.76. The summed E-state index contributed by atoms with van der Waals surface area (Å²) in [5, 5.41) is 8.17. The van der Waals surface area contributed by atoms with Gasteiger partial charge in [0.25, 0.3) is 0 Å². The molecule has 138 valence electrons. The van der Waals surface area contributed by atoms with E-state index in [0.717, 1.165) is 35.5 Å². The van der Waals surface area contributed by atoms with Gasteiger partial charge in [0.15, 0.2) is 0 Å². The Morgan fingerprint density at radius 3 is 3.15 bits per heavy atom. The van der Waals surface area contributed by atoms with Crippen molar-refractivity contribution < 1.29 is 14.3 Å². The van der Waals surface area contributed by atoms with Gasteiger partial charge in [-0.1, -0.05) is 17.3 Å². The van der Waals surface area contributed by atoms with Crippen molar-refractivity contribution in [1.29, 1.82) is 0 Å². The summed E-state index contributed by atoms with van der Waals surface area (Å²) in [6, 6.07) is 6.19. The quantitative estimate of drug-likeness (QED) is 0.837. The van der Waals surface area contributed by atoms with Crippen LogP contribution < -0.4 is 4.74 Å². The largest absolute Gasteiger partial charge is 0.496 e. The molecule has 0 saturated carbocycles. The van der Waals surface area contributed by atoms with Crippen molar-refractivity contribution in [3.8, 4) is 5.75 Å². The highest BCUT2D eigenvalue weighted by Crippen LogP contribution is 2.30. The zero-order valence-electron chi connectivity index (χ0n) is 15.2. The lowest BCUT2D eigenvalue weighted by molar-refractivity contribution is -0.138. The summed E-state index contributed by atoms with van der Waals surface area (Å²) in [5.74, 6) is 1.05. The molecule has 0 spiro atoms. The van der Waals surface area contributed by atoms with Crippen LogP contribution in [0, 0.1) is 6.92 Å². The average molecular weight is 356 g/mol. The van der Waals surface area contributed by atoms with E-state index in [1.807, 2.05) is 28.6 Å². The molecule has 0 radical (unpaired) electrons. The van der Waals surface area contributed by atoms with E-state index in [9.17, 15) is 4.79 Å². The van der Waals surface area contributed by atoms with Crippen molar-refractivity contribution in [3.05, 3.63) is 41.2 Å². The molecule has 1 aromatic carbocycles. The lowest BCUT2D eigenvalue weighted by Crippen LogP contribution is -2.49. The van der Waals surface area contributed by atoms with Gasteiger partial charge in [0.2, 0.25) is 5.91 Å². The van der Waals surface area contributed by atoms with E-state index in [0.29, 0.717) is 26.0 Å². The Bertz CT molecular complexity index is 804. The summed E-state index contributed by atoms with van der Waals surface area (Å²) in [6.07, 6.45) is 3.91. The minimum absolute atomic E-state index is 0.0680. The highest BCUT2D eigenvalue weighted by Gasteiger charge is 2.37. The van der Waals surface area contributed by atoms with Crippen LogP contribution in [0.15, 0.2) is 24.4 Å². The minimum Gasteiger partial charge on any atom is -0.496 e. The Hall–Kier alpha value is -2.41. The third-order valence-electron chi connectivity index (χ3n) is 5.38. The number of aromatic nitrogens is 3. The van der Waals surface area contributed by atoms with Gasteiger partial charge < -0.3 is 14.4 Å². The normalized spacial score (nSPS) is 21.8. The number of fused-ring (bicyclic) bond motifs is 3. The van der Waals surface area contributed by atoms with Crippen molar-refractivity contribution in [2.75, 3.05) is 20.2 Å². The van der Waals surface area contributed by atoms with Gasteiger partial charge in [-0.2, -0.15) is 0 Å². The molecule has 1 saturated heterocycles. The number of carbonyl (C=O) groups excluding carboxylic acids is 1. The molecule has 2 aliphatic heterocycles. The highest BCUT2D eigenvalue weighted by atomic mass is 16.5. The van der Waals surface area contributed by atoms with Gasteiger partial charge in [0.05, 0.1) is 37.8 Å². The fourth-order valence-electron chi connectivity index (χ4n) is 3.84. The molecule has 0 unspecified atom stereocenters. The topological polar surface area (TPSA) is 69.5 Å². The Morgan fingerprint density at radius 2 is 2.31 bits per heavy atom. The average Bonchev–Trinajstić information content (AvgIpc) is 3.16. The van der Waals surface area contributed by atoms with Gasteiger partial charge in [0, 0.05) is 19.5 Å². The van der Waals surface area contributed by atoms with Crippen molar-refractivity contribution >= 4 is 5.91 Å². The standard InChI is InChI=1S/C19H24N4O3/c1-13-3-4-14(9-18(13)25-2)5-6-19(24)22-8-7-17-16(11-22)23-15(12-26-17)10-20-21-23/h3-4,9-10,16-17H,5-8,11-12H2,1-2H3/t16-,17+/m1/s1. The predicted octanol–water partition coefficient (Wildman–Crippen LogP) is 1.90. The van der Waals surface area contributed by atoms with E-state index in [1.165, 1.54) is 0 Å². The van der Waals surface area contributed by atoms with E-state index < -0.39 is 0 Å². The van der Waals surface area contributed by atoms with Crippen molar-refractivity contribution in [2.24, 2.45) is 0 Å². The number of nitrogens with zero attached hydrogens (tertiary/aromatic N) is 4. The molecule has 3 heterocycles. The zero-order chi connectivity index (χ0) is 18.1. The number of likely N-dealkylation sites (tertiary alicyclic amines) is 1. The molecule has 1 fully saturated rings. The second-order valence-electron chi connectivity index (χ2n) is 7.02. The van der Waals surface area contributed by atoms with Gasteiger partial charge in [-0.25, -0.2) is 4.68 Å². The maximum Gasteiger partial charge on any atom is 0.222 e. The van der Waals surface area contributed by atoms with Crippen LogP contribution in [0.4, 0.5) is 0 Å². The Balaban J connectivity index is 1.39. The molecular formula is C19H24N4O3. The Kier molecular flexibility index (Phi) is 4.63. The number of carbonyl (C=O) groups is 1. The molecule has 7 nitrogen and oxygen atoms in total. The Labute approximate surface area is 152 Å². The number of ether oxygens (including phenoxy) is 2. The summed E-state index contributed by atoms with van der Waals surface area (Å²) in [7, 11) is 1.67. The fourth-order valence-corrected chi connectivity index (χ4v) is 3.84. The molecule has 1 amide bonds. The van der Waals surface area contributed by atoms with Crippen LogP contribution >= 0.6 is 0 Å². The molecule has 1 aromatic heterocycles. The summed E-state index contributed by atoms with van der Waals surface area (Å²) in [4.78, 5) is 14.7. The van der Waals surface area contributed by atoms with E-state index in [1.54, 1.807) is 13.3 Å². The first-order valence-electron chi connectivity index (χ1n) is 9.07. The first-order valence-corrected chi connectivity index (χ1v) is 9.07. The second kappa shape index (κ2) is 7.07. The SMILES string of the molecule is COc1cc(CCC(=O)N2CC[C@@H]3OCc4cnnn4[C@@H]3C2)ccc1C. The second-order valence-corrected chi connectivity index (χ2v) is 7.02. The van der Waals surface area contributed by atoms with Gasteiger partial charge >= 0.3 is 0 Å². The third-order valence-corrected chi connectivity index (χ3v) is 5.38. The minimum atomic E-state index is 0.0680. The summed E-state index contributed by atoms with van der Waals surface area (Å²) in [5.41, 5.74) is 3.20. The van der Waals surface area contributed by atoms with Gasteiger partial charge in [0.1, 0.15) is 5.75 Å². The first-order chi connectivity index (χ1) is 12.7. The van der Waals surface area contributed by atoms with E-state index in [-0.39, 0.29) is 18.1 Å². The van der Waals surface area contributed by atoms with Crippen LogP contribution in [0.25, 0.3) is 0 Å². The van der Waals surface area contributed by atoms with Gasteiger partial charge in [-0.05, 0) is 37.0 Å². The lowest BCUT2D eigenvalue weighted by Gasteiger charge is -2.41. The molecular weight excluding hydrogens is 332 g/mol. The van der Waals surface area contributed by atoms with Crippen molar-refractivity contribution in [2.45, 2.75) is 44.9 Å². The van der Waals surface area contributed by atoms with E-state index >= 15 is 0 Å². The fraction of sp³-hybridized carbons (Fsp3) is 0.526. The number of benzene rings is 1. The number of amides is 1. The van der Waals surface area contributed by atoms with Crippen LogP contribution in [0.3, 0.4) is 0 Å². The molecule has 26 heavy (non-hydrogen) atoms.